The summed E-state index contributed by atoms with van der Waals surface area (Å²) in [5, 5.41) is 0. The van der Waals surface area contributed by atoms with E-state index in [9.17, 15) is 0 Å². The van der Waals surface area contributed by atoms with Gasteiger partial charge in [0.05, 0.1) is 11.7 Å². The van der Waals surface area contributed by atoms with Crippen molar-refractivity contribution < 1.29 is 0 Å². The molecule has 0 aliphatic carbocycles. The summed E-state index contributed by atoms with van der Waals surface area (Å²) >= 11 is 2.08. The zero-order chi connectivity index (χ0) is 11.0. The second-order valence-electron chi connectivity index (χ2n) is 4.55. The molecule has 3 heterocycles. The molecular formula is C13H16N2S. The number of hydrogen-bond acceptors (Lipinski definition) is 2. The molecule has 1 unspecified atom stereocenters. The van der Waals surface area contributed by atoms with Crippen molar-refractivity contribution in [1.82, 2.24) is 9.38 Å². The smallest absolute Gasteiger partial charge is 0.113 e. The van der Waals surface area contributed by atoms with E-state index in [4.69, 9.17) is 0 Å². The summed E-state index contributed by atoms with van der Waals surface area (Å²) in [4.78, 5) is 4.57. The van der Waals surface area contributed by atoms with Crippen molar-refractivity contribution in [2.24, 2.45) is 5.92 Å². The molecule has 0 amide bonds. The topological polar surface area (TPSA) is 17.3 Å². The molecule has 1 atom stereocenters. The monoisotopic (exact) mass is 232 g/mol. The lowest BCUT2D eigenvalue weighted by molar-refractivity contribution is 0.574. The van der Waals surface area contributed by atoms with Gasteiger partial charge in [0.1, 0.15) is 5.82 Å². The van der Waals surface area contributed by atoms with Gasteiger partial charge < -0.3 is 4.40 Å². The molecule has 3 heteroatoms. The van der Waals surface area contributed by atoms with Crippen molar-refractivity contribution in [2.75, 3.05) is 11.5 Å². The fraction of sp³-hybridized carbons (Fsp3) is 0.462. The Labute approximate surface area is 100 Å². The van der Waals surface area contributed by atoms with Gasteiger partial charge in [-0.15, -0.1) is 0 Å². The van der Waals surface area contributed by atoms with Gasteiger partial charge in [-0.25, -0.2) is 4.98 Å². The molecule has 0 saturated carbocycles. The van der Waals surface area contributed by atoms with E-state index in [-0.39, 0.29) is 0 Å². The first-order valence-corrected chi connectivity index (χ1v) is 6.99. The van der Waals surface area contributed by atoms with E-state index in [1.54, 1.807) is 0 Å². The van der Waals surface area contributed by atoms with Crippen LogP contribution in [0.5, 0.6) is 0 Å². The van der Waals surface area contributed by atoms with Gasteiger partial charge in [0.2, 0.25) is 0 Å². The highest BCUT2D eigenvalue weighted by Crippen LogP contribution is 2.26. The normalized spacial score (nSPS) is 20.7. The number of aromatic nitrogens is 2. The molecular weight excluding hydrogens is 216 g/mol. The number of aryl methyl sites for hydroxylation is 1. The predicted molar refractivity (Wildman–Crippen MR) is 69.1 cm³/mol. The van der Waals surface area contributed by atoms with Gasteiger partial charge in [0.15, 0.2) is 0 Å². The second kappa shape index (κ2) is 4.13. The molecule has 84 valence electrons. The average molecular weight is 232 g/mol. The Morgan fingerprint density at radius 1 is 1.56 bits per heavy atom. The number of hydrogen-bond donors (Lipinski definition) is 0. The number of nitrogens with zero attached hydrogens (tertiary/aromatic N) is 2. The van der Waals surface area contributed by atoms with Gasteiger partial charge in [0.25, 0.3) is 0 Å². The van der Waals surface area contributed by atoms with Crippen molar-refractivity contribution in [3.63, 3.8) is 0 Å². The minimum Gasteiger partial charge on any atom is -0.303 e. The van der Waals surface area contributed by atoms with E-state index >= 15 is 0 Å². The zero-order valence-electron chi connectivity index (χ0n) is 9.52. The summed E-state index contributed by atoms with van der Waals surface area (Å²) in [6.45, 7) is 2.15. The van der Waals surface area contributed by atoms with Crippen LogP contribution in [0.2, 0.25) is 0 Å². The van der Waals surface area contributed by atoms with E-state index in [1.165, 1.54) is 34.8 Å². The van der Waals surface area contributed by atoms with E-state index in [1.807, 2.05) is 6.20 Å². The van der Waals surface area contributed by atoms with Gasteiger partial charge in [0, 0.05) is 12.6 Å². The van der Waals surface area contributed by atoms with Gasteiger partial charge >= 0.3 is 0 Å². The first-order valence-electron chi connectivity index (χ1n) is 5.84. The molecule has 0 bridgehead atoms. The summed E-state index contributed by atoms with van der Waals surface area (Å²) in [6.07, 6.45) is 6.62. The van der Waals surface area contributed by atoms with Gasteiger partial charge in [-0.3, -0.25) is 0 Å². The standard InChI is InChI=1S/C13H16N2S/c1-10-3-2-5-15-12(10)8-14-13(15)7-11-4-6-16-9-11/h2-3,5,8,11H,4,6-7,9H2,1H3. The van der Waals surface area contributed by atoms with Crippen molar-refractivity contribution in [2.45, 2.75) is 19.8 Å². The number of rotatable bonds is 2. The minimum atomic E-state index is 0.830. The average Bonchev–Trinajstić information content (AvgIpc) is 2.90. The maximum absolute atomic E-state index is 4.57. The van der Waals surface area contributed by atoms with Crippen LogP contribution < -0.4 is 0 Å². The fourth-order valence-corrected chi connectivity index (χ4v) is 3.65. The molecule has 0 aromatic carbocycles. The maximum Gasteiger partial charge on any atom is 0.113 e. The van der Waals surface area contributed by atoms with E-state index in [2.05, 4.69) is 46.4 Å². The fourth-order valence-electron chi connectivity index (χ4n) is 2.37. The summed E-state index contributed by atoms with van der Waals surface area (Å²) < 4.78 is 2.25. The molecule has 1 fully saturated rings. The minimum absolute atomic E-state index is 0.830. The molecule has 1 aliphatic rings. The largest absolute Gasteiger partial charge is 0.303 e. The molecule has 0 N–H and O–H groups in total. The van der Waals surface area contributed by atoms with Crippen LogP contribution in [-0.4, -0.2) is 20.9 Å². The first-order chi connectivity index (χ1) is 7.84. The van der Waals surface area contributed by atoms with Crippen LogP contribution in [0.25, 0.3) is 5.52 Å². The third-order valence-electron chi connectivity index (χ3n) is 3.35. The van der Waals surface area contributed by atoms with Crippen LogP contribution in [0.15, 0.2) is 24.5 Å². The Morgan fingerprint density at radius 2 is 2.50 bits per heavy atom. The molecule has 1 aliphatic heterocycles. The SMILES string of the molecule is Cc1cccn2c(CC3CCSC3)ncc12. The number of fused-ring (bicyclic) bond motifs is 1. The van der Waals surface area contributed by atoms with E-state index < -0.39 is 0 Å². The summed E-state index contributed by atoms with van der Waals surface area (Å²) in [5.74, 6) is 4.69. The Balaban J connectivity index is 1.94. The Morgan fingerprint density at radius 3 is 3.31 bits per heavy atom. The maximum atomic E-state index is 4.57. The third kappa shape index (κ3) is 1.73. The molecule has 16 heavy (non-hydrogen) atoms. The van der Waals surface area contributed by atoms with Crippen molar-refractivity contribution in [3.05, 3.63) is 35.9 Å². The highest BCUT2D eigenvalue weighted by Gasteiger charge is 2.18. The lowest BCUT2D eigenvalue weighted by atomic mass is 10.1. The van der Waals surface area contributed by atoms with Crippen LogP contribution in [0, 0.1) is 12.8 Å². The van der Waals surface area contributed by atoms with Crippen LogP contribution in [0.3, 0.4) is 0 Å². The Hall–Kier alpha value is -0.960. The number of imidazole rings is 1. The van der Waals surface area contributed by atoms with Crippen LogP contribution in [0.4, 0.5) is 0 Å². The number of pyridine rings is 1. The molecule has 0 spiro atoms. The molecule has 2 aromatic heterocycles. The van der Waals surface area contributed by atoms with Gasteiger partial charge in [-0.05, 0) is 42.4 Å². The van der Waals surface area contributed by atoms with Crippen LogP contribution >= 0.6 is 11.8 Å². The van der Waals surface area contributed by atoms with Crippen molar-refractivity contribution in [3.8, 4) is 0 Å². The summed E-state index contributed by atoms with van der Waals surface area (Å²) in [7, 11) is 0. The Bertz CT molecular complexity index is 498. The van der Waals surface area contributed by atoms with Gasteiger partial charge in [-0.2, -0.15) is 11.8 Å². The first kappa shape index (κ1) is 10.2. The lowest BCUT2D eigenvalue weighted by Crippen LogP contribution is -2.06. The van der Waals surface area contributed by atoms with Crippen LogP contribution in [0.1, 0.15) is 17.8 Å². The second-order valence-corrected chi connectivity index (χ2v) is 5.70. The highest BCUT2D eigenvalue weighted by molar-refractivity contribution is 7.99. The van der Waals surface area contributed by atoms with Crippen LogP contribution in [-0.2, 0) is 6.42 Å². The number of thioether (sulfide) groups is 1. The molecule has 2 aromatic rings. The molecule has 0 radical (unpaired) electrons. The molecule has 3 rings (SSSR count). The third-order valence-corrected chi connectivity index (χ3v) is 4.59. The van der Waals surface area contributed by atoms with Crippen molar-refractivity contribution in [1.29, 1.82) is 0 Å². The summed E-state index contributed by atoms with van der Waals surface area (Å²) in [6, 6.07) is 4.25. The molecule has 1 saturated heterocycles. The lowest BCUT2D eigenvalue weighted by Gasteiger charge is -2.07. The summed E-state index contributed by atoms with van der Waals surface area (Å²) in [5.41, 5.74) is 2.56. The quantitative estimate of drug-likeness (QED) is 0.792. The predicted octanol–water partition coefficient (Wildman–Crippen LogP) is 2.94. The van der Waals surface area contributed by atoms with E-state index in [0.29, 0.717) is 0 Å². The van der Waals surface area contributed by atoms with Crippen molar-refractivity contribution >= 4 is 17.3 Å². The van der Waals surface area contributed by atoms with E-state index in [0.717, 1.165) is 12.3 Å². The Kier molecular flexibility index (Phi) is 2.64. The zero-order valence-corrected chi connectivity index (χ0v) is 10.3. The highest BCUT2D eigenvalue weighted by atomic mass is 32.2. The van der Waals surface area contributed by atoms with Gasteiger partial charge in [-0.1, -0.05) is 6.07 Å². The molecule has 2 nitrogen and oxygen atoms in total.